The molecule has 0 saturated carbocycles. The van der Waals surface area contributed by atoms with Crippen LogP contribution in [0.1, 0.15) is 5.56 Å². The number of benzene rings is 2. The Bertz CT molecular complexity index is 811. The van der Waals surface area contributed by atoms with Gasteiger partial charge in [0.25, 0.3) is 0 Å². The molecule has 0 aliphatic rings. The molecule has 1 heterocycles. The van der Waals surface area contributed by atoms with Gasteiger partial charge in [0.15, 0.2) is 5.82 Å². The lowest BCUT2D eigenvalue weighted by atomic mass is 10.00. The van der Waals surface area contributed by atoms with Crippen molar-refractivity contribution >= 4 is 21.7 Å². The highest BCUT2D eigenvalue weighted by atomic mass is 79.9. The summed E-state index contributed by atoms with van der Waals surface area (Å²) in [4.78, 5) is 0. The molecule has 3 rings (SSSR count). The summed E-state index contributed by atoms with van der Waals surface area (Å²) in [7, 11) is 0. The highest BCUT2D eigenvalue weighted by molar-refractivity contribution is 9.10. The van der Waals surface area contributed by atoms with E-state index in [0.717, 1.165) is 26.9 Å². The van der Waals surface area contributed by atoms with E-state index in [1.54, 1.807) is 19.1 Å². The lowest BCUT2D eigenvalue weighted by molar-refractivity contribution is 0.619. The van der Waals surface area contributed by atoms with E-state index < -0.39 is 0 Å². The number of hydrogen-bond donors (Lipinski definition) is 2. The molecule has 3 N–H and O–H groups in total. The zero-order valence-electron chi connectivity index (χ0n) is 11.3. The van der Waals surface area contributed by atoms with E-state index in [1.807, 2.05) is 24.3 Å². The smallest absolute Gasteiger partial charge is 0.153 e. The molecule has 0 amide bonds. The molecule has 2 aromatic carbocycles. The van der Waals surface area contributed by atoms with Crippen LogP contribution >= 0.6 is 15.9 Å². The number of halogens is 2. The monoisotopic (exact) mass is 345 g/mol. The lowest BCUT2D eigenvalue weighted by Crippen LogP contribution is -1.90. The van der Waals surface area contributed by atoms with Crippen molar-refractivity contribution in [3.8, 4) is 22.4 Å². The minimum absolute atomic E-state index is 0.227. The van der Waals surface area contributed by atoms with Crippen LogP contribution in [-0.4, -0.2) is 10.2 Å². The molecule has 0 spiro atoms. The van der Waals surface area contributed by atoms with Crippen molar-refractivity contribution in [1.29, 1.82) is 0 Å². The van der Waals surface area contributed by atoms with Crippen molar-refractivity contribution in [2.75, 3.05) is 5.73 Å². The largest absolute Gasteiger partial charge is 0.382 e. The summed E-state index contributed by atoms with van der Waals surface area (Å²) in [5.41, 5.74) is 9.99. The summed E-state index contributed by atoms with van der Waals surface area (Å²) in [6, 6.07) is 12.8. The molecule has 0 unspecified atom stereocenters. The number of nitrogens with one attached hydrogen (secondary N) is 1. The molecular formula is C16H13BrFN3. The van der Waals surface area contributed by atoms with E-state index in [0.29, 0.717) is 11.4 Å². The molecule has 21 heavy (non-hydrogen) atoms. The van der Waals surface area contributed by atoms with Crippen molar-refractivity contribution < 1.29 is 4.39 Å². The first-order chi connectivity index (χ1) is 10.1. The maximum absolute atomic E-state index is 13.4. The maximum atomic E-state index is 13.4. The van der Waals surface area contributed by atoms with Crippen LogP contribution in [0.25, 0.3) is 22.4 Å². The van der Waals surface area contributed by atoms with Gasteiger partial charge in [-0.3, -0.25) is 5.10 Å². The Kier molecular flexibility index (Phi) is 3.51. The van der Waals surface area contributed by atoms with Gasteiger partial charge in [-0.25, -0.2) is 4.39 Å². The summed E-state index contributed by atoms with van der Waals surface area (Å²) < 4.78 is 14.4. The molecule has 5 heteroatoms. The Morgan fingerprint density at radius 1 is 1.14 bits per heavy atom. The van der Waals surface area contributed by atoms with Gasteiger partial charge in [-0.2, -0.15) is 5.10 Å². The normalized spacial score (nSPS) is 10.8. The number of aromatic amines is 1. The highest BCUT2D eigenvalue weighted by Crippen LogP contribution is 2.36. The summed E-state index contributed by atoms with van der Waals surface area (Å²) >= 11 is 3.45. The van der Waals surface area contributed by atoms with Crippen molar-refractivity contribution in [3.63, 3.8) is 0 Å². The highest BCUT2D eigenvalue weighted by Gasteiger charge is 2.15. The molecule has 106 valence electrons. The number of aromatic nitrogens is 2. The number of anilines is 1. The number of H-pyrrole nitrogens is 1. The van der Waals surface area contributed by atoms with E-state index >= 15 is 0 Å². The average molecular weight is 346 g/mol. The minimum atomic E-state index is -0.227. The molecule has 3 aromatic rings. The second kappa shape index (κ2) is 5.33. The molecule has 0 radical (unpaired) electrons. The lowest BCUT2D eigenvalue weighted by Gasteiger charge is -2.07. The van der Waals surface area contributed by atoms with Gasteiger partial charge in [-0.05, 0) is 48.4 Å². The minimum Gasteiger partial charge on any atom is -0.382 e. The molecule has 0 saturated heterocycles. The van der Waals surface area contributed by atoms with Crippen molar-refractivity contribution in [3.05, 3.63) is 58.3 Å². The van der Waals surface area contributed by atoms with Crippen LogP contribution in [0.2, 0.25) is 0 Å². The fourth-order valence-corrected chi connectivity index (χ4v) is 2.70. The average Bonchev–Trinajstić information content (AvgIpc) is 2.84. The zero-order chi connectivity index (χ0) is 15.0. The summed E-state index contributed by atoms with van der Waals surface area (Å²) in [6.07, 6.45) is 0. The molecule has 0 fully saturated rings. The van der Waals surface area contributed by atoms with E-state index in [2.05, 4.69) is 26.1 Å². The molecule has 0 aliphatic heterocycles. The van der Waals surface area contributed by atoms with E-state index in [9.17, 15) is 4.39 Å². The first-order valence-electron chi connectivity index (χ1n) is 6.42. The first kappa shape index (κ1) is 13.8. The fraction of sp³-hybridized carbons (Fsp3) is 0.0625. The number of rotatable bonds is 2. The standard InChI is InChI=1S/C16H13BrFN3/c1-9-7-11(5-6-13(9)18)15-14(16(19)21-20-15)10-3-2-4-12(17)8-10/h2-8H,1H3,(H3,19,20,21). The third-order valence-corrected chi connectivity index (χ3v) is 3.85. The summed E-state index contributed by atoms with van der Waals surface area (Å²) in [5.74, 6) is 0.195. The number of nitrogen functional groups attached to an aromatic ring is 1. The van der Waals surface area contributed by atoms with Gasteiger partial charge in [0.1, 0.15) is 5.82 Å². The maximum Gasteiger partial charge on any atom is 0.153 e. The second-order valence-corrected chi connectivity index (χ2v) is 5.75. The SMILES string of the molecule is Cc1cc(-c2[nH]nc(N)c2-c2cccc(Br)c2)ccc1F. The van der Waals surface area contributed by atoms with Gasteiger partial charge in [-0.1, -0.05) is 28.1 Å². The van der Waals surface area contributed by atoms with Crippen LogP contribution in [0.4, 0.5) is 10.2 Å². The fourth-order valence-electron chi connectivity index (χ4n) is 2.30. The summed E-state index contributed by atoms with van der Waals surface area (Å²) in [6.45, 7) is 1.73. The summed E-state index contributed by atoms with van der Waals surface area (Å²) in [5, 5.41) is 7.04. The molecule has 3 nitrogen and oxygen atoms in total. The molecule has 1 aromatic heterocycles. The number of nitrogens with two attached hydrogens (primary N) is 1. The van der Waals surface area contributed by atoms with Gasteiger partial charge in [0.2, 0.25) is 0 Å². The van der Waals surface area contributed by atoms with Crippen LogP contribution in [0, 0.1) is 12.7 Å². The van der Waals surface area contributed by atoms with Gasteiger partial charge in [-0.15, -0.1) is 0 Å². The Morgan fingerprint density at radius 2 is 1.95 bits per heavy atom. The van der Waals surface area contributed by atoms with Gasteiger partial charge in [0.05, 0.1) is 11.3 Å². The Morgan fingerprint density at radius 3 is 2.67 bits per heavy atom. The van der Waals surface area contributed by atoms with E-state index in [-0.39, 0.29) is 5.82 Å². The van der Waals surface area contributed by atoms with Crippen LogP contribution in [0.5, 0.6) is 0 Å². The third kappa shape index (κ3) is 2.56. The molecule has 0 bridgehead atoms. The number of nitrogens with zero attached hydrogens (tertiary/aromatic N) is 1. The predicted octanol–water partition coefficient (Wildman–Crippen LogP) is 4.54. The Labute approximate surface area is 130 Å². The zero-order valence-corrected chi connectivity index (χ0v) is 12.9. The molecule has 0 aliphatic carbocycles. The van der Waals surface area contributed by atoms with Crippen LogP contribution in [0.15, 0.2) is 46.9 Å². The Balaban J connectivity index is 2.19. The number of aryl methyl sites for hydroxylation is 1. The van der Waals surface area contributed by atoms with Gasteiger partial charge < -0.3 is 5.73 Å². The van der Waals surface area contributed by atoms with Crippen molar-refractivity contribution in [2.45, 2.75) is 6.92 Å². The van der Waals surface area contributed by atoms with Gasteiger partial charge in [0, 0.05) is 10.0 Å². The van der Waals surface area contributed by atoms with Gasteiger partial charge >= 0.3 is 0 Å². The topological polar surface area (TPSA) is 54.7 Å². The molecular weight excluding hydrogens is 333 g/mol. The van der Waals surface area contributed by atoms with Crippen LogP contribution in [0.3, 0.4) is 0 Å². The van der Waals surface area contributed by atoms with Crippen LogP contribution < -0.4 is 5.73 Å². The van der Waals surface area contributed by atoms with Crippen LogP contribution in [-0.2, 0) is 0 Å². The Hall–Kier alpha value is -2.14. The predicted molar refractivity (Wildman–Crippen MR) is 86.3 cm³/mol. The van der Waals surface area contributed by atoms with E-state index in [4.69, 9.17) is 5.73 Å². The molecule has 0 atom stereocenters. The first-order valence-corrected chi connectivity index (χ1v) is 7.22. The van der Waals surface area contributed by atoms with Crippen molar-refractivity contribution in [1.82, 2.24) is 10.2 Å². The quantitative estimate of drug-likeness (QED) is 0.716. The van der Waals surface area contributed by atoms with E-state index in [1.165, 1.54) is 6.07 Å². The number of hydrogen-bond acceptors (Lipinski definition) is 2. The van der Waals surface area contributed by atoms with Crippen molar-refractivity contribution in [2.24, 2.45) is 0 Å². The third-order valence-electron chi connectivity index (χ3n) is 3.35. The second-order valence-electron chi connectivity index (χ2n) is 4.83.